The molecule has 0 atom stereocenters. The van der Waals surface area contributed by atoms with Crippen LogP contribution in [0.3, 0.4) is 0 Å². The first-order valence-corrected chi connectivity index (χ1v) is 9.06. The number of halogens is 3. The van der Waals surface area contributed by atoms with Gasteiger partial charge in [-0.1, -0.05) is 24.3 Å². The molecular weight excluding hydrogens is 399 g/mol. The third-order valence-electron chi connectivity index (χ3n) is 4.07. The number of nitriles is 1. The zero-order chi connectivity index (χ0) is 22.1. The molecule has 0 aliphatic heterocycles. The average Bonchev–Trinajstić information content (AvgIpc) is 2.71. The van der Waals surface area contributed by atoms with E-state index >= 15 is 0 Å². The Balaban J connectivity index is 1.93. The van der Waals surface area contributed by atoms with Crippen LogP contribution in [0.4, 0.5) is 18.9 Å². The number of ether oxygens (including phenoxy) is 1. The van der Waals surface area contributed by atoms with Crippen molar-refractivity contribution in [1.29, 1.82) is 5.26 Å². The zero-order valence-corrected chi connectivity index (χ0v) is 16.2. The Labute approximate surface area is 171 Å². The Morgan fingerprint density at radius 3 is 2.43 bits per heavy atom. The van der Waals surface area contributed by atoms with Crippen molar-refractivity contribution < 1.29 is 27.5 Å². The molecule has 0 saturated carbocycles. The Hall–Kier alpha value is -3.54. The van der Waals surface area contributed by atoms with Crippen molar-refractivity contribution in [1.82, 2.24) is 4.90 Å². The van der Waals surface area contributed by atoms with Crippen molar-refractivity contribution in [3.63, 3.8) is 0 Å². The molecule has 30 heavy (non-hydrogen) atoms. The first-order chi connectivity index (χ1) is 14.2. The minimum Gasteiger partial charge on any atom is -0.484 e. The van der Waals surface area contributed by atoms with E-state index in [-0.39, 0.29) is 26.1 Å². The fraction of sp³-hybridized carbons (Fsp3) is 0.286. The van der Waals surface area contributed by atoms with Gasteiger partial charge in [-0.15, -0.1) is 0 Å². The van der Waals surface area contributed by atoms with Crippen LogP contribution in [0.1, 0.15) is 18.1 Å². The summed E-state index contributed by atoms with van der Waals surface area (Å²) >= 11 is 0. The maximum absolute atomic E-state index is 12.6. The number of amides is 2. The number of hydrogen-bond acceptors (Lipinski definition) is 4. The van der Waals surface area contributed by atoms with Crippen molar-refractivity contribution >= 4 is 17.5 Å². The largest absolute Gasteiger partial charge is 0.484 e. The van der Waals surface area contributed by atoms with Gasteiger partial charge in [-0.05, 0) is 42.3 Å². The average molecular weight is 419 g/mol. The quantitative estimate of drug-likeness (QED) is 0.708. The summed E-state index contributed by atoms with van der Waals surface area (Å²) in [6.45, 7) is 0.856. The lowest BCUT2D eigenvalue weighted by atomic mass is 10.2. The standard InChI is InChI=1S/C21H20F3N3O3/c1-2-27(20(29)21(22,23)24)13-16-4-3-5-17(12-16)26-19(28)14-30-18-8-6-15(7-9-18)10-11-25/h3-9,12H,2,10,13-14H2,1H3,(H,26,28). The molecule has 0 bridgehead atoms. The van der Waals surface area contributed by atoms with Gasteiger partial charge < -0.3 is 15.0 Å². The molecule has 2 rings (SSSR count). The Bertz CT molecular complexity index is 922. The second-order valence-corrected chi connectivity index (χ2v) is 6.33. The highest BCUT2D eigenvalue weighted by atomic mass is 19.4. The second-order valence-electron chi connectivity index (χ2n) is 6.33. The van der Waals surface area contributed by atoms with E-state index in [2.05, 4.69) is 5.32 Å². The molecule has 0 aromatic heterocycles. The summed E-state index contributed by atoms with van der Waals surface area (Å²) in [4.78, 5) is 24.2. The minimum absolute atomic E-state index is 0.101. The van der Waals surface area contributed by atoms with E-state index in [0.717, 1.165) is 5.56 Å². The Kier molecular flexibility index (Phi) is 7.81. The SMILES string of the molecule is CCN(Cc1cccc(NC(=O)COc2ccc(CC#N)cc2)c1)C(=O)C(F)(F)F. The maximum atomic E-state index is 12.6. The van der Waals surface area contributed by atoms with Gasteiger partial charge in [0.2, 0.25) is 0 Å². The van der Waals surface area contributed by atoms with E-state index in [4.69, 9.17) is 10.00 Å². The molecule has 2 amide bonds. The van der Waals surface area contributed by atoms with Crippen LogP contribution in [0.15, 0.2) is 48.5 Å². The summed E-state index contributed by atoms with van der Waals surface area (Å²) in [5.41, 5.74) is 1.65. The van der Waals surface area contributed by atoms with Crippen LogP contribution >= 0.6 is 0 Å². The molecule has 0 radical (unpaired) electrons. The fourth-order valence-corrected chi connectivity index (χ4v) is 2.62. The third kappa shape index (κ3) is 6.81. The molecule has 0 aliphatic carbocycles. The number of nitrogens with one attached hydrogen (secondary N) is 1. The van der Waals surface area contributed by atoms with Crippen molar-refractivity contribution in [2.24, 2.45) is 0 Å². The highest BCUT2D eigenvalue weighted by molar-refractivity contribution is 5.92. The highest BCUT2D eigenvalue weighted by Crippen LogP contribution is 2.21. The van der Waals surface area contributed by atoms with Crippen molar-refractivity contribution in [3.05, 3.63) is 59.7 Å². The van der Waals surface area contributed by atoms with Crippen LogP contribution in [-0.2, 0) is 22.6 Å². The van der Waals surface area contributed by atoms with E-state index in [1.54, 1.807) is 42.5 Å². The first kappa shape index (κ1) is 22.7. The summed E-state index contributed by atoms with van der Waals surface area (Å²) in [5.74, 6) is -1.90. The van der Waals surface area contributed by atoms with E-state index in [1.807, 2.05) is 6.07 Å². The maximum Gasteiger partial charge on any atom is 0.471 e. The van der Waals surface area contributed by atoms with Gasteiger partial charge >= 0.3 is 12.1 Å². The minimum atomic E-state index is -4.94. The molecule has 0 unspecified atom stereocenters. The zero-order valence-electron chi connectivity index (χ0n) is 16.2. The summed E-state index contributed by atoms with van der Waals surface area (Å²) in [5, 5.41) is 11.2. The van der Waals surface area contributed by atoms with E-state index in [0.29, 0.717) is 21.9 Å². The van der Waals surface area contributed by atoms with Gasteiger partial charge in [0.15, 0.2) is 6.61 Å². The Morgan fingerprint density at radius 2 is 1.83 bits per heavy atom. The predicted molar refractivity (Wildman–Crippen MR) is 103 cm³/mol. The predicted octanol–water partition coefficient (Wildman–Crippen LogP) is 3.68. The smallest absolute Gasteiger partial charge is 0.471 e. The molecular formula is C21H20F3N3O3. The van der Waals surface area contributed by atoms with E-state index < -0.39 is 18.0 Å². The summed E-state index contributed by atoms with van der Waals surface area (Å²) < 4.78 is 43.3. The van der Waals surface area contributed by atoms with E-state index in [1.165, 1.54) is 13.0 Å². The van der Waals surface area contributed by atoms with E-state index in [9.17, 15) is 22.8 Å². The topological polar surface area (TPSA) is 82.4 Å². The van der Waals surface area contributed by atoms with Crippen molar-refractivity contribution in [3.8, 4) is 11.8 Å². The molecule has 0 saturated heterocycles. The van der Waals surface area contributed by atoms with Crippen molar-refractivity contribution in [2.75, 3.05) is 18.5 Å². The number of carbonyl (C=O) groups excluding carboxylic acids is 2. The highest BCUT2D eigenvalue weighted by Gasteiger charge is 2.41. The monoisotopic (exact) mass is 419 g/mol. The third-order valence-corrected chi connectivity index (χ3v) is 4.07. The molecule has 2 aromatic carbocycles. The van der Waals surface area contributed by atoms with Crippen LogP contribution in [0.5, 0.6) is 5.75 Å². The molecule has 0 fully saturated rings. The number of hydrogen-bond donors (Lipinski definition) is 1. The van der Waals surface area contributed by atoms with Crippen LogP contribution in [-0.4, -0.2) is 36.0 Å². The fourth-order valence-electron chi connectivity index (χ4n) is 2.62. The second kappa shape index (κ2) is 10.3. The molecule has 2 aromatic rings. The van der Waals surface area contributed by atoms with Gasteiger partial charge in [-0.2, -0.15) is 18.4 Å². The van der Waals surface area contributed by atoms with Gasteiger partial charge in [0.1, 0.15) is 5.75 Å². The van der Waals surface area contributed by atoms with Crippen LogP contribution in [0, 0.1) is 11.3 Å². The van der Waals surface area contributed by atoms with Gasteiger partial charge in [0, 0.05) is 18.8 Å². The van der Waals surface area contributed by atoms with Crippen LogP contribution < -0.4 is 10.1 Å². The molecule has 0 heterocycles. The number of rotatable bonds is 8. The molecule has 9 heteroatoms. The molecule has 158 valence electrons. The Morgan fingerprint density at radius 1 is 1.13 bits per heavy atom. The number of carbonyl (C=O) groups is 2. The first-order valence-electron chi connectivity index (χ1n) is 9.06. The van der Waals surface area contributed by atoms with Crippen molar-refractivity contribution in [2.45, 2.75) is 26.1 Å². The number of anilines is 1. The number of nitrogens with zero attached hydrogens (tertiary/aromatic N) is 2. The number of alkyl halides is 3. The molecule has 0 aliphatic rings. The number of benzene rings is 2. The summed E-state index contributed by atoms with van der Waals surface area (Å²) in [6, 6.07) is 15.0. The van der Waals surface area contributed by atoms with Gasteiger partial charge in [-0.25, -0.2) is 0 Å². The van der Waals surface area contributed by atoms with Crippen LogP contribution in [0.25, 0.3) is 0 Å². The molecule has 6 nitrogen and oxygen atoms in total. The normalized spacial score (nSPS) is 10.8. The molecule has 1 N–H and O–H groups in total. The van der Waals surface area contributed by atoms with Gasteiger partial charge in [0.05, 0.1) is 12.5 Å². The van der Waals surface area contributed by atoms with Gasteiger partial charge in [-0.3, -0.25) is 9.59 Å². The lowest BCUT2D eigenvalue weighted by molar-refractivity contribution is -0.185. The molecule has 0 spiro atoms. The lowest BCUT2D eigenvalue weighted by Crippen LogP contribution is -2.40. The summed E-state index contributed by atoms with van der Waals surface area (Å²) in [6.07, 6.45) is -4.66. The van der Waals surface area contributed by atoms with Crippen LogP contribution in [0.2, 0.25) is 0 Å². The lowest BCUT2D eigenvalue weighted by Gasteiger charge is -2.22. The summed E-state index contributed by atoms with van der Waals surface area (Å²) in [7, 11) is 0. The van der Waals surface area contributed by atoms with Gasteiger partial charge in [0.25, 0.3) is 5.91 Å².